The fraction of sp³-hybridized carbons (Fsp3) is 0.333. The van der Waals surface area contributed by atoms with Gasteiger partial charge >= 0.3 is 11.9 Å². The summed E-state index contributed by atoms with van der Waals surface area (Å²) in [6.07, 6.45) is 0. The summed E-state index contributed by atoms with van der Waals surface area (Å²) in [4.78, 5) is 23.1. The minimum atomic E-state index is -0.664. The fourth-order valence-corrected chi connectivity index (χ4v) is 1.46. The quantitative estimate of drug-likeness (QED) is 0.746. The first-order chi connectivity index (χ1) is 8.54. The van der Waals surface area contributed by atoms with Crippen LogP contribution in [0.25, 0.3) is 0 Å². The lowest BCUT2D eigenvalue weighted by Gasteiger charge is -2.12. The van der Waals surface area contributed by atoms with Gasteiger partial charge in [0, 0.05) is 0 Å². The van der Waals surface area contributed by atoms with Gasteiger partial charge in [0.25, 0.3) is 0 Å². The molecule has 0 spiro atoms. The summed E-state index contributed by atoms with van der Waals surface area (Å²) in [5.41, 5.74) is 6.33. The van der Waals surface area contributed by atoms with Gasteiger partial charge in [-0.2, -0.15) is 0 Å². The van der Waals surface area contributed by atoms with E-state index in [4.69, 9.17) is 10.8 Å². The second-order valence-electron chi connectivity index (χ2n) is 3.58. The Morgan fingerprint density at radius 2 is 1.78 bits per heavy atom. The molecule has 0 aliphatic rings. The second kappa shape index (κ2) is 6.13. The molecule has 0 unspecified atom stereocenters. The molecule has 1 aromatic carbocycles. The van der Waals surface area contributed by atoms with Crippen molar-refractivity contribution in [3.05, 3.63) is 34.9 Å². The van der Waals surface area contributed by atoms with Crippen LogP contribution in [0.5, 0.6) is 0 Å². The molecule has 0 radical (unpaired) electrons. The number of carbonyl (C=O) groups excluding carboxylic acids is 2. The first-order valence-electron chi connectivity index (χ1n) is 5.22. The molecule has 0 aliphatic heterocycles. The lowest BCUT2D eigenvalue weighted by molar-refractivity contribution is 0.0555. The number of nitrogens with two attached hydrogens (primary N) is 1. The first-order valence-corrected chi connectivity index (χ1v) is 5.22. The third-order valence-electron chi connectivity index (χ3n) is 2.48. The zero-order valence-electron chi connectivity index (χ0n) is 10.2. The van der Waals surface area contributed by atoms with Crippen molar-refractivity contribution >= 4 is 11.9 Å². The molecule has 0 heterocycles. The molecule has 3 N–H and O–H groups in total. The molecule has 98 valence electrons. The summed E-state index contributed by atoms with van der Waals surface area (Å²) in [6, 6.07) is 3.77. The molecular formula is C12H15NO5. The Bertz CT molecular complexity index is 458. The van der Waals surface area contributed by atoms with Crippen molar-refractivity contribution in [1.82, 2.24) is 0 Å². The molecular weight excluding hydrogens is 238 g/mol. The third kappa shape index (κ3) is 2.85. The molecule has 6 heteroatoms. The molecule has 0 fully saturated rings. The predicted molar refractivity (Wildman–Crippen MR) is 63.1 cm³/mol. The molecule has 0 amide bonds. The second-order valence-corrected chi connectivity index (χ2v) is 3.58. The van der Waals surface area contributed by atoms with E-state index in [-0.39, 0.29) is 17.7 Å². The topological polar surface area (TPSA) is 98.9 Å². The highest BCUT2D eigenvalue weighted by molar-refractivity contribution is 6.03. The van der Waals surface area contributed by atoms with Gasteiger partial charge in [-0.05, 0) is 17.7 Å². The molecule has 0 aromatic heterocycles. The van der Waals surface area contributed by atoms with E-state index < -0.39 is 18.0 Å². The number of hydrogen-bond acceptors (Lipinski definition) is 6. The van der Waals surface area contributed by atoms with Gasteiger partial charge in [-0.3, -0.25) is 0 Å². The average Bonchev–Trinajstić information content (AvgIpc) is 2.43. The van der Waals surface area contributed by atoms with Gasteiger partial charge < -0.3 is 20.3 Å². The van der Waals surface area contributed by atoms with E-state index >= 15 is 0 Å². The summed E-state index contributed by atoms with van der Waals surface area (Å²) >= 11 is 0. The number of hydrogen-bond donors (Lipinski definition) is 2. The van der Waals surface area contributed by atoms with Crippen LogP contribution in [0.2, 0.25) is 0 Å². The lowest BCUT2D eigenvalue weighted by atomic mass is 10.00. The van der Waals surface area contributed by atoms with Crippen LogP contribution < -0.4 is 5.73 Å². The molecule has 0 saturated carbocycles. The number of carbonyl (C=O) groups is 2. The van der Waals surface area contributed by atoms with E-state index in [9.17, 15) is 9.59 Å². The molecule has 1 atom stereocenters. The van der Waals surface area contributed by atoms with Gasteiger partial charge in [-0.25, -0.2) is 9.59 Å². The lowest BCUT2D eigenvalue weighted by Crippen LogP contribution is -2.17. The fourth-order valence-electron chi connectivity index (χ4n) is 1.46. The van der Waals surface area contributed by atoms with Crippen LogP contribution in [0.4, 0.5) is 0 Å². The SMILES string of the molecule is COC(=O)c1ccc([C@@H](N)CO)cc1C(=O)OC. The molecule has 1 rings (SSSR count). The van der Waals surface area contributed by atoms with Crippen molar-refractivity contribution in [3.8, 4) is 0 Å². The van der Waals surface area contributed by atoms with Crippen LogP contribution in [0.15, 0.2) is 18.2 Å². The molecule has 1 aromatic rings. The van der Waals surface area contributed by atoms with Crippen LogP contribution in [-0.2, 0) is 9.47 Å². The molecule has 0 saturated heterocycles. The van der Waals surface area contributed by atoms with E-state index in [0.29, 0.717) is 5.56 Å². The number of aliphatic hydroxyl groups is 1. The molecule has 0 aliphatic carbocycles. The predicted octanol–water partition coefficient (Wildman–Crippen LogP) is 0.252. The minimum Gasteiger partial charge on any atom is -0.465 e. The minimum absolute atomic E-state index is 0.0609. The van der Waals surface area contributed by atoms with Crippen molar-refractivity contribution in [2.45, 2.75) is 6.04 Å². The van der Waals surface area contributed by atoms with E-state index in [1.165, 1.54) is 26.4 Å². The molecule has 18 heavy (non-hydrogen) atoms. The summed E-state index contributed by atoms with van der Waals surface area (Å²) in [5, 5.41) is 8.97. The van der Waals surface area contributed by atoms with Crippen LogP contribution in [0.3, 0.4) is 0 Å². The largest absolute Gasteiger partial charge is 0.465 e. The number of benzene rings is 1. The van der Waals surface area contributed by atoms with Gasteiger partial charge in [0.1, 0.15) is 0 Å². The number of ether oxygens (including phenoxy) is 2. The molecule has 6 nitrogen and oxygen atoms in total. The highest BCUT2D eigenvalue weighted by Crippen LogP contribution is 2.18. The van der Waals surface area contributed by atoms with Crippen LogP contribution in [-0.4, -0.2) is 37.9 Å². The van der Waals surface area contributed by atoms with Crippen LogP contribution in [0, 0.1) is 0 Å². The first kappa shape index (κ1) is 14.1. The average molecular weight is 253 g/mol. The normalized spacial score (nSPS) is 11.8. The summed E-state index contributed by atoms with van der Waals surface area (Å²) in [5.74, 6) is -1.30. The van der Waals surface area contributed by atoms with E-state index in [0.717, 1.165) is 0 Å². The van der Waals surface area contributed by atoms with E-state index in [2.05, 4.69) is 9.47 Å². The Balaban J connectivity index is 3.29. The summed E-state index contributed by atoms with van der Waals surface area (Å²) in [6.45, 7) is -0.266. The smallest absolute Gasteiger partial charge is 0.338 e. The maximum absolute atomic E-state index is 11.6. The van der Waals surface area contributed by atoms with Crippen molar-refractivity contribution in [2.24, 2.45) is 5.73 Å². The summed E-state index contributed by atoms with van der Waals surface area (Å²) in [7, 11) is 2.43. The Labute approximate surface area is 104 Å². The van der Waals surface area contributed by atoms with E-state index in [1.807, 2.05) is 0 Å². The maximum Gasteiger partial charge on any atom is 0.338 e. The monoisotopic (exact) mass is 253 g/mol. The Hall–Kier alpha value is -1.92. The number of esters is 2. The maximum atomic E-state index is 11.6. The van der Waals surface area contributed by atoms with Gasteiger partial charge in [-0.15, -0.1) is 0 Å². The number of aliphatic hydroxyl groups excluding tert-OH is 1. The van der Waals surface area contributed by atoms with Gasteiger partial charge in [0.15, 0.2) is 0 Å². The highest BCUT2D eigenvalue weighted by Gasteiger charge is 2.20. The third-order valence-corrected chi connectivity index (χ3v) is 2.48. The Morgan fingerprint density at radius 3 is 2.28 bits per heavy atom. The van der Waals surface area contributed by atoms with Gasteiger partial charge in [0.05, 0.1) is 38.0 Å². The number of rotatable bonds is 4. The molecule has 0 bridgehead atoms. The van der Waals surface area contributed by atoms with Crippen LogP contribution in [0.1, 0.15) is 32.3 Å². The van der Waals surface area contributed by atoms with Crippen LogP contribution >= 0.6 is 0 Å². The Kier molecular flexibility index (Phi) is 4.82. The van der Waals surface area contributed by atoms with Crippen molar-refractivity contribution in [2.75, 3.05) is 20.8 Å². The zero-order chi connectivity index (χ0) is 13.7. The van der Waals surface area contributed by atoms with Crippen molar-refractivity contribution in [3.63, 3.8) is 0 Å². The van der Waals surface area contributed by atoms with Crippen molar-refractivity contribution in [1.29, 1.82) is 0 Å². The number of methoxy groups -OCH3 is 2. The van der Waals surface area contributed by atoms with Gasteiger partial charge in [-0.1, -0.05) is 6.07 Å². The van der Waals surface area contributed by atoms with Crippen molar-refractivity contribution < 1.29 is 24.2 Å². The standard InChI is InChI=1S/C12H15NO5/c1-17-11(15)8-4-3-7(10(13)6-14)5-9(8)12(16)18-2/h3-5,10,14H,6,13H2,1-2H3/t10-/m0/s1. The summed E-state index contributed by atoms with van der Waals surface area (Å²) < 4.78 is 9.16. The Morgan fingerprint density at radius 1 is 1.22 bits per heavy atom. The highest BCUT2D eigenvalue weighted by atomic mass is 16.5. The zero-order valence-corrected chi connectivity index (χ0v) is 10.2. The van der Waals surface area contributed by atoms with Gasteiger partial charge in [0.2, 0.25) is 0 Å². The van der Waals surface area contributed by atoms with E-state index in [1.54, 1.807) is 6.07 Å².